The molecule has 2 unspecified atom stereocenters. The van der Waals surface area contributed by atoms with E-state index in [4.69, 9.17) is 23.7 Å². The lowest BCUT2D eigenvalue weighted by molar-refractivity contribution is -0.150. The van der Waals surface area contributed by atoms with Gasteiger partial charge in [0.25, 0.3) is 0 Å². The number of rotatable bonds is 14. The van der Waals surface area contributed by atoms with Crippen LogP contribution in [0.5, 0.6) is 17.2 Å². The molecule has 1 aliphatic heterocycles. The van der Waals surface area contributed by atoms with Crippen molar-refractivity contribution in [3.63, 3.8) is 0 Å². The average Bonchev–Trinajstić information content (AvgIpc) is 3.35. The summed E-state index contributed by atoms with van der Waals surface area (Å²) in [7, 11) is 1.47. The van der Waals surface area contributed by atoms with Crippen molar-refractivity contribution >= 4 is 5.97 Å². The van der Waals surface area contributed by atoms with Crippen molar-refractivity contribution in [2.75, 3.05) is 40.1 Å². The van der Waals surface area contributed by atoms with Crippen molar-refractivity contribution < 1.29 is 32.9 Å². The van der Waals surface area contributed by atoms with Crippen LogP contribution in [0.3, 0.4) is 0 Å². The van der Waals surface area contributed by atoms with Gasteiger partial charge in [0.15, 0.2) is 11.6 Å². The maximum Gasteiger partial charge on any atom is 0.343 e. The molecule has 1 aliphatic carbocycles. The molecule has 0 spiro atoms. The predicted molar refractivity (Wildman–Crippen MR) is 180 cm³/mol. The Morgan fingerprint density at radius 2 is 1.55 bits per heavy atom. The van der Waals surface area contributed by atoms with Gasteiger partial charge in [0.2, 0.25) is 0 Å². The van der Waals surface area contributed by atoms with E-state index in [1.807, 2.05) is 24.3 Å². The minimum absolute atomic E-state index is 0.00987. The molecule has 1 heterocycles. The first-order valence-electron chi connectivity index (χ1n) is 16.5. The summed E-state index contributed by atoms with van der Waals surface area (Å²) in [5, 5.41) is 0. The first-order chi connectivity index (χ1) is 22.8. The molecule has 6 nitrogen and oxygen atoms in total. The molecule has 1 fully saturated rings. The first-order valence-corrected chi connectivity index (χ1v) is 16.5. The number of unbranched alkanes of at least 4 members (excludes halogenated alkanes) is 1. The fraction of sp³-hybridized carbons (Fsp3) is 0.375. The zero-order valence-corrected chi connectivity index (χ0v) is 27.6. The highest BCUT2D eigenvalue weighted by Crippen LogP contribution is 2.47. The quantitative estimate of drug-likeness (QED) is 0.0781. The molecule has 0 N–H and O–H groups in total. The highest BCUT2D eigenvalue weighted by Gasteiger charge is 2.36. The molecule has 47 heavy (non-hydrogen) atoms. The third kappa shape index (κ3) is 7.07. The summed E-state index contributed by atoms with van der Waals surface area (Å²) in [6.45, 7) is 10.1. The highest BCUT2D eigenvalue weighted by atomic mass is 19.1. The molecule has 0 bridgehead atoms. The number of esters is 1. The molecule has 4 aromatic rings. The molecule has 0 radical (unpaired) electrons. The summed E-state index contributed by atoms with van der Waals surface area (Å²) >= 11 is 0. The number of benzene rings is 4. The Labute approximate surface area is 276 Å². The van der Waals surface area contributed by atoms with E-state index in [9.17, 15) is 9.18 Å². The van der Waals surface area contributed by atoms with Crippen LogP contribution in [-0.4, -0.2) is 46.1 Å². The molecule has 6 rings (SSSR count). The molecule has 4 aromatic carbocycles. The van der Waals surface area contributed by atoms with Crippen LogP contribution in [0.1, 0.15) is 84.5 Å². The van der Waals surface area contributed by atoms with Crippen molar-refractivity contribution in [3.8, 4) is 28.4 Å². The van der Waals surface area contributed by atoms with Gasteiger partial charge in [-0.05, 0) is 101 Å². The molecule has 7 heteroatoms. The van der Waals surface area contributed by atoms with Gasteiger partial charge in [0.1, 0.15) is 11.5 Å². The number of carbonyl (C=O) groups is 1. The second-order valence-electron chi connectivity index (χ2n) is 12.8. The lowest BCUT2D eigenvalue weighted by atomic mass is 9.84. The van der Waals surface area contributed by atoms with E-state index in [1.165, 1.54) is 18.2 Å². The number of halogens is 1. The van der Waals surface area contributed by atoms with Gasteiger partial charge in [0.05, 0.1) is 39.1 Å². The van der Waals surface area contributed by atoms with Crippen LogP contribution in [0.15, 0.2) is 78.9 Å². The Morgan fingerprint density at radius 3 is 2.23 bits per heavy atom. The largest absolute Gasteiger partial charge is 0.494 e. The van der Waals surface area contributed by atoms with Crippen LogP contribution >= 0.6 is 0 Å². The molecule has 1 saturated heterocycles. The van der Waals surface area contributed by atoms with Gasteiger partial charge in [-0.2, -0.15) is 0 Å². The number of methoxy groups -OCH3 is 1. The molecule has 246 valence electrons. The lowest BCUT2D eigenvalue weighted by Crippen LogP contribution is -2.45. The fourth-order valence-corrected chi connectivity index (χ4v) is 6.39. The van der Waals surface area contributed by atoms with Gasteiger partial charge in [0, 0.05) is 23.9 Å². The fourth-order valence-electron chi connectivity index (χ4n) is 6.39. The monoisotopic (exact) mass is 638 g/mol. The molecule has 0 amide bonds. The number of hydrogen-bond acceptors (Lipinski definition) is 6. The SMILES string of the molecule is CCC1(COCCCCOc2ccc(C(=O)Oc3ccc4c(c3)C(C)c3cc(C(C)c5ccc(OC)c(F)c5)ccc3-4)cc2)COC1. The maximum absolute atomic E-state index is 14.4. The predicted octanol–water partition coefficient (Wildman–Crippen LogP) is 8.94. The Hall–Kier alpha value is -4.20. The van der Waals surface area contributed by atoms with Crippen molar-refractivity contribution in [1.29, 1.82) is 0 Å². The number of fused-ring (bicyclic) bond motifs is 3. The van der Waals surface area contributed by atoms with E-state index < -0.39 is 5.97 Å². The van der Waals surface area contributed by atoms with Crippen molar-refractivity contribution in [2.45, 2.75) is 51.9 Å². The summed E-state index contributed by atoms with van der Waals surface area (Å²) < 4.78 is 42.3. The minimum Gasteiger partial charge on any atom is -0.494 e. The molecule has 0 saturated carbocycles. The normalized spacial score (nSPS) is 16.5. The van der Waals surface area contributed by atoms with Gasteiger partial charge >= 0.3 is 5.97 Å². The molecular formula is C40H43FO6. The van der Waals surface area contributed by atoms with Crippen LogP contribution in [0, 0.1) is 11.2 Å². The zero-order valence-electron chi connectivity index (χ0n) is 27.6. The first kappa shape index (κ1) is 32.7. The number of ether oxygens (including phenoxy) is 5. The van der Waals surface area contributed by atoms with E-state index in [1.54, 1.807) is 36.4 Å². The Bertz CT molecular complexity index is 1710. The summed E-state index contributed by atoms with van der Waals surface area (Å²) in [6.07, 6.45) is 2.91. The number of carbonyl (C=O) groups excluding carboxylic acids is 1. The third-order valence-electron chi connectivity index (χ3n) is 9.72. The second-order valence-corrected chi connectivity index (χ2v) is 12.8. The van der Waals surface area contributed by atoms with Crippen molar-refractivity contribution in [1.82, 2.24) is 0 Å². The third-order valence-corrected chi connectivity index (χ3v) is 9.72. The standard InChI is InChI=1S/C40H43FO6/c1-5-40(24-45-25-40)23-44-18-6-7-19-46-31-12-8-28(9-13-31)39(42)47-32-14-16-34-33-15-10-29(20-35(33)27(3)36(34)22-32)26(2)30-11-17-38(43-4)37(41)21-30/h8-17,20-22,26-27H,5-7,18-19,23-25H2,1-4H3. The van der Waals surface area contributed by atoms with Crippen molar-refractivity contribution in [2.24, 2.45) is 5.41 Å². The maximum atomic E-state index is 14.4. The van der Waals surface area contributed by atoms with Crippen LogP contribution < -0.4 is 14.2 Å². The summed E-state index contributed by atoms with van der Waals surface area (Å²) in [5.41, 5.74) is 7.30. The molecule has 2 atom stereocenters. The topological polar surface area (TPSA) is 63.2 Å². The Balaban J connectivity index is 1.01. The lowest BCUT2D eigenvalue weighted by Gasteiger charge is -2.40. The van der Waals surface area contributed by atoms with Gasteiger partial charge in [-0.1, -0.05) is 51.1 Å². The summed E-state index contributed by atoms with van der Waals surface area (Å²) in [6, 6.07) is 24.5. The summed E-state index contributed by atoms with van der Waals surface area (Å²) in [5.74, 6) is 0.814. The van der Waals surface area contributed by atoms with Crippen LogP contribution in [0.2, 0.25) is 0 Å². The van der Waals surface area contributed by atoms with Crippen LogP contribution in [0.4, 0.5) is 4.39 Å². The average molecular weight is 639 g/mol. The van der Waals surface area contributed by atoms with Gasteiger partial charge in [-0.3, -0.25) is 0 Å². The zero-order chi connectivity index (χ0) is 33.0. The highest BCUT2D eigenvalue weighted by molar-refractivity contribution is 5.91. The van der Waals surface area contributed by atoms with Crippen molar-refractivity contribution in [3.05, 3.63) is 112 Å². The Morgan fingerprint density at radius 1 is 0.894 bits per heavy atom. The smallest absolute Gasteiger partial charge is 0.343 e. The van der Waals surface area contributed by atoms with Crippen LogP contribution in [0.25, 0.3) is 11.1 Å². The Kier molecular flexibility index (Phi) is 9.95. The molecule has 0 aromatic heterocycles. The van der Waals surface area contributed by atoms with Crippen LogP contribution in [-0.2, 0) is 9.47 Å². The van der Waals surface area contributed by atoms with E-state index in [0.717, 1.165) is 67.9 Å². The van der Waals surface area contributed by atoms with Gasteiger partial charge < -0.3 is 23.7 Å². The minimum atomic E-state index is -0.415. The molecule has 2 aliphatic rings. The van der Waals surface area contributed by atoms with Gasteiger partial charge in [-0.15, -0.1) is 0 Å². The van der Waals surface area contributed by atoms with E-state index >= 15 is 0 Å². The summed E-state index contributed by atoms with van der Waals surface area (Å²) in [4.78, 5) is 13.0. The van der Waals surface area contributed by atoms with E-state index in [2.05, 4.69) is 39.0 Å². The number of hydrogen-bond donors (Lipinski definition) is 0. The second kappa shape index (κ2) is 14.3. The van der Waals surface area contributed by atoms with E-state index in [-0.39, 0.29) is 28.8 Å². The van der Waals surface area contributed by atoms with Gasteiger partial charge in [-0.25, -0.2) is 9.18 Å². The van der Waals surface area contributed by atoms with E-state index in [0.29, 0.717) is 23.7 Å². The molecular weight excluding hydrogens is 595 g/mol.